The predicted octanol–water partition coefficient (Wildman–Crippen LogP) is 4.70. The van der Waals surface area contributed by atoms with Crippen molar-refractivity contribution in [3.8, 4) is 5.75 Å². The Balaban J connectivity index is 1.36. The maximum absolute atomic E-state index is 14.4. The first-order chi connectivity index (χ1) is 17.0. The molecule has 4 aromatic rings. The Morgan fingerprint density at radius 1 is 1.09 bits per heavy atom. The van der Waals surface area contributed by atoms with Crippen LogP contribution in [0.25, 0.3) is 11.0 Å². The molecule has 1 aromatic heterocycles. The highest BCUT2D eigenvalue weighted by atomic mass is 19.1. The number of ether oxygens (including phenoxy) is 1. The monoisotopic (exact) mass is 473 g/mol. The van der Waals surface area contributed by atoms with Crippen LogP contribution in [0.15, 0.2) is 72.8 Å². The van der Waals surface area contributed by atoms with Gasteiger partial charge in [-0.15, -0.1) is 0 Å². The highest BCUT2D eigenvalue weighted by Crippen LogP contribution is 2.34. The lowest BCUT2D eigenvalue weighted by atomic mass is 10.1. The van der Waals surface area contributed by atoms with Crippen LogP contribution in [0, 0.1) is 5.82 Å². The average Bonchev–Trinajstić information content (AvgIpc) is 3.44. The zero-order valence-corrected chi connectivity index (χ0v) is 19.6. The molecule has 1 aliphatic heterocycles. The fraction of sp³-hybridized carbons (Fsp3) is 0.286. The normalized spacial score (nSPS) is 16.7. The number of fused-ring (bicyclic) bond motifs is 1. The van der Waals surface area contributed by atoms with E-state index >= 15 is 0 Å². The molecule has 2 atom stereocenters. The van der Waals surface area contributed by atoms with Crippen LogP contribution in [0.4, 0.5) is 10.1 Å². The van der Waals surface area contributed by atoms with Crippen LogP contribution in [-0.4, -0.2) is 39.8 Å². The van der Waals surface area contributed by atoms with Gasteiger partial charge in [-0.1, -0.05) is 43.3 Å². The van der Waals surface area contributed by atoms with E-state index in [4.69, 9.17) is 9.72 Å². The summed E-state index contributed by atoms with van der Waals surface area (Å²) in [4.78, 5) is 19.1. The molecule has 1 amide bonds. The van der Waals surface area contributed by atoms with Crippen molar-refractivity contribution in [3.63, 3.8) is 0 Å². The van der Waals surface area contributed by atoms with E-state index in [0.717, 1.165) is 17.5 Å². The third-order valence-corrected chi connectivity index (χ3v) is 6.48. The zero-order chi connectivity index (χ0) is 24.4. The predicted molar refractivity (Wildman–Crippen MR) is 133 cm³/mol. The van der Waals surface area contributed by atoms with Crippen molar-refractivity contribution >= 4 is 22.6 Å². The van der Waals surface area contributed by atoms with Gasteiger partial charge in [0, 0.05) is 18.9 Å². The van der Waals surface area contributed by atoms with Crippen molar-refractivity contribution in [1.29, 1.82) is 0 Å². The Bertz CT molecular complexity index is 1340. The Morgan fingerprint density at radius 2 is 1.83 bits per heavy atom. The molecule has 180 valence electrons. The van der Waals surface area contributed by atoms with Gasteiger partial charge in [0.2, 0.25) is 5.91 Å². The Morgan fingerprint density at radius 3 is 2.60 bits per heavy atom. The summed E-state index contributed by atoms with van der Waals surface area (Å²) in [7, 11) is 0. The average molecular weight is 474 g/mol. The molecule has 0 bridgehead atoms. The number of hydrogen-bond donors (Lipinski definition) is 1. The lowest BCUT2D eigenvalue weighted by Crippen LogP contribution is -2.27. The van der Waals surface area contributed by atoms with E-state index < -0.39 is 11.9 Å². The van der Waals surface area contributed by atoms with Gasteiger partial charge in [0.15, 0.2) is 0 Å². The molecular weight excluding hydrogens is 445 g/mol. The van der Waals surface area contributed by atoms with Crippen molar-refractivity contribution < 1.29 is 19.0 Å². The van der Waals surface area contributed by atoms with Crippen molar-refractivity contribution in [3.05, 3.63) is 90.0 Å². The van der Waals surface area contributed by atoms with E-state index in [1.807, 2.05) is 53.1 Å². The summed E-state index contributed by atoms with van der Waals surface area (Å²) in [6.07, 6.45) is 0.405. The minimum Gasteiger partial charge on any atom is -0.491 e. The van der Waals surface area contributed by atoms with Crippen LogP contribution in [-0.2, 0) is 17.8 Å². The topological polar surface area (TPSA) is 67.6 Å². The molecule has 3 aromatic carbocycles. The molecule has 7 heteroatoms. The van der Waals surface area contributed by atoms with Crippen LogP contribution in [0.2, 0.25) is 0 Å². The minimum absolute atomic E-state index is 0.127. The van der Waals surface area contributed by atoms with E-state index in [9.17, 15) is 14.3 Å². The number of rotatable bonds is 8. The van der Waals surface area contributed by atoms with Crippen LogP contribution in [0.3, 0.4) is 0 Å². The van der Waals surface area contributed by atoms with Gasteiger partial charge >= 0.3 is 0 Å². The molecule has 5 rings (SSSR count). The largest absolute Gasteiger partial charge is 0.491 e. The number of aliphatic hydroxyl groups is 1. The van der Waals surface area contributed by atoms with Crippen LogP contribution >= 0.6 is 0 Å². The molecular formula is C28H28FN3O3. The number of aliphatic hydroxyl groups excluding tert-OH is 1. The Kier molecular flexibility index (Phi) is 6.51. The lowest BCUT2D eigenvalue weighted by Gasteiger charge is -2.19. The number of para-hydroxylation sites is 3. The van der Waals surface area contributed by atoms with Crippen LogP contribution < -0.4 is 9.64 Å². The maximum Gasteiger partial charge on any atom is 0.227 e. The first kappa shape index (κ1) is 23.1. The van der Waals surface area contributed by atoms with Gasteiger partial charge < -0.3 is 19.3 Å². The summed E-state index contributed by atoms with van der Waals surface area (Å²) < 4.78 is 22.1. The number of anilines is 1. The summed E-state index contributed by atoms with van der Waals surface area (Å²) in [5.41, 5.74) is 3.18. The standard InChI is InChI=1S/C28H28FN3O3/c1-2-19-11-13-22(14-12-19)35-18-21(33)17-32-26-10-6-4-8-24(26)30-28(32)20-15-27(34)31(16-20)25-9-5-3-7-23(25)29/h3-14,20-21,33H,2,15-18H2,1H3/t20-,21+/m1/s1. The van der Waals surface area contributed by atoms with Crippen molar-refractivity contribution in [1.82, 2.24) is 9.55 Å². The van der Waals surface area contributed by atoms with Gasteiger partial charge in [-0.2, -0.15) is 0 Å². The van der Waals surface area contributed by atoms with Crippen LogP contribution in [0.5, 0.6) is 5.75 Å². The molecule has 1 N–H and O–H groups in total. The Hall–Kier alpha value is -3.71. The number of carbonyl (C=O) groups is 1. The highest BCUT2D eigenvalue weighted by molar-refractivity contribution is 5.96. The first-order valence-corrected chi connectivity index (χ1v) is 11.9. The van der Waals surface area contributed by atoms with Crippen molar-refractivity contribution in [2.75, 3.05) is 18.1 Å². The number of aromatic nitrogens is 2. The van der Waals surface area contributed by atoms with Gasteiger partial charge in [-0.25, -0.2) is 9.37 Å². The van der Waals surface area contributed by atoms with E-state index in [1.165, 1.54) is 16.5 Å². The second kappa shape index (κ2) is 9.88. The number of halogens is 1. The van der Waals surface area contributed by atoms with Gasteiger partial charge in [0.25, 0.3) is 0 Å². The van der Waals surface area contributed by atoms with Crippen molar-refractivity contribution in [2.24, 2.45) is 0 Å². The summed E-state index contributed by atoms with van der Waals surface area (Å²) in [5.74, 6) is 0.639. The van der Waals surface area contributed by atoms with E-state index in [-0.39, 0.29) is 37.1 Å². The Labute approximate surface area is 203 Å². The lowest BCUT2D eigenvalue weighted by molar-refractivity contribution is -0.117. The smallest absolute Gasteiger partial charge is 0.227 e. The third-order valence-electron chi connectivity index (χ3n) is 6.48. The molecule has 0 radical (unpaired) electrons. The van der Waals surface area contributed by atoms with E-state index in [2.05, 4.69) is 6.92 Å². The number of aryl methyl sites for hydroxylation is 1. The number of hydrogen-bond acceptors (Lipinski definition) is 4. The molecule has 1 aliphatic rings. The third kappa shape index (κ3) is 4.77. The zero-order valence-electron chi connectivity index (χ0n) is 19.6. The second-order valence-corrected chi connectivity index (χ2v) is 8.89. The summed E-state index contributed by atoms with van der Waals surface area (Å²) in [6.45, 7) is 2.83. The molecule has 35 heavy (non-hydrogen) atoms. The van der Waals surface area contributed by atoms with E-state index in [0.29, 0.717) is 18.1 Å². The molecule has 0 spiro atoms. The minimum atomic E-state index is -0.781. The molecule has 6 nitrogen and oxygen atoms in total. The van der Waals surface area contributed by atoms with Gasteiger partial charge in [-0.3, -0.25) is 4.79 Å². The molecule has 0 unspecified atom stereocenters. The number of amides is 1. The fourth-order valence-electron chi connectivity index (χ4n) is 4.66. The van der Waals surface area contributed by atoms with Crippen LogP contribution in [0.1, 0.15) is 30.7 Å². The van der Waals surface area contributed by atoms with Gasteiger partial charge in [0.05, 0.1) is 23.3 Å². The van der Waals surface area contributed by atoms with Crippen molar-refractivity contribution in [2.45, 2.75) is 38.3 Å². The second-order valence-electron chi connectivity index (χ2n) is 8.89. The number of nitrogens with zero attached hydrogens (tertiary/aromatic N) is 3. The quantitative estimate of drug-likeness (QED) is 0.403. The molecule has 0 saturated carbocycles. The molecule has 1 fully saturated rings. The summed E-state index contributed by atoms with van der Waals surface area (Å²) in [5, 5.41) is 10.8. The summed E-state index contributed by atoms with van der Waals surface area (Å²) in [6, 6.07) is 21.9. The number of imidazole rings is 1. The summed E-state index contributed by atoms with van der Waals surface area (Å²) >= 11 is 0. The SMILES string of the molecule is CCc1ccc(OC[C@@H](O)Cn2c([C@@H]3CC(=O)N(c4ccccc4F)C3)nc3ccccc32)cc1. The van der Waals surface area contributed by atoms with Gasteiger partial charge in [-0.05, 0) is 48.4 Å². The number of benzene rings is 3. The number of carbonyl (C=O) groups excluding carboxylic acids is 1. The fourth-order valence-corrected chi connectivity index (χ4v) is 4.66. The molecule has 2 heterocycles. The van der Waals surface area contributed by atoms with E-state index in [1.54, 1.807) is 18.2 Å². The first-order valence-electron chi connectivity index (χ1n) is 11.9. The maximum atomic E-state index is 14.4. The molecule has 0 aliphatic carbocycles. The highest BCUT2D eigenvalue weighted by Gasteiger charge is 2.36. The molecule has 1 saturated heterocycles. The van der Waals surface area contributed by atoms with Gasteiger partial charge in [0.1, 0.15) is 30.1 Å².